The van der Waals surface area contributed by atoms with Crippen LogP contribution in [0.25, 0.3) is 43.1 Å². The third kappa shape index (κ3) is 16.5. The zero-order valence-electron chi connectivity index (χ0n) is 34.1. The van der Waals surface area contributed by atoms with Gasteiger partial charge in [0.15, 0.2) is 0 Å². The molecule has 0 amide bonds. The fourth-order valence-electron chi connectivity index (χ4n) is 6.96. The summed E-state index contributed by atoms with van der Waals surface area (Å²) < 4.78 is 0. The number of fused-ring (bicyclic) bond motifs is 4. The zero-order chi connectivity index (χ0) is 36.4. The average molecular weight is 938 g/mol. The first-order valence-electron chi connectivity index (χ1n) is 20.2. The summed E-state index contributed by atoms with van der Waals surface area (Å²) in [6.07, 6.45) is 15.2. The van der Waals surface area contributed by atoms with Crippen molar-refractivity contribution in [2.45, 2.75) is 105 Å². The largest absolute Gasteiger partial charge is 2.00 e. The first-order valence-corrected chi connectivity index (χ1v) is 20.2. The maximum Gasteiger partial charge on any atom is 2.00 e. The molecule has 0 saturated heterocycles. The van der Waals surface area contributed by atoms with E-state index in [4.69, 9.17) is 0 Å². The van der Waals surface area contributed by atoms with Crippen LogP contribution in [0.4, 0.5) is 0 Å². The van der Waals surface area contributed by atoms with Crippen LogP contribution in [0, 0.1) is 0 Å². The van der Waals surface area contributed by atoms with Gasteiger partial charge in [0.2, 0.25) is 0 Å². The summed E-state index contributed by atoms with van der Waals surface area (Å²) in [5.41, 5.74) is 5.96. The third-order valence-corrected chi connectivity index (χ3v) is 9.99. The molecule has 0 radical (unpaired) electrons. The first kappa shape index (κ1) is 51.7. The Morgan fingerprint density at radius 2 is 0.518 bits per heavy atom. The molecule has 0 aliphatic carbocycles. The Bertz CT molecular complexity index is 1730. The van der Waals surface area contributed by atoms with Gasteiger partial charge in [-0.25, -0.2) is 0 Å². The van der Waals surface area contributed by atoms with E-state index in [-0.39, 0.29) is 77.2 Å². The number of benzene rings is 4. The summed E-state index contributed by atoms with van der Waals surface area (Å²) in [4.78, 5) is 0. The number of hydrogen-bond donors (Lipinski definition) is 0. The van der Waals surface area contributed by atoms with Gasteiger partial charge in [0.1, 0.15) is 0 Å². The molecule has 0 unspecified atom stereocenters. The SMILES string of the molecule is CCCCc1cc2ccccc2[cH-]1.CCCCc1cc2ccccc2[cH-]1.CCCCc1cc2ccccc2[cH-]1.CCCCc1cc2ccccc2[cH-]1.[Cl-].[Cl-].[Zr+2].[Zr+2]. The Morgan fingerprint density at radius 1 is 0.321 bits per heavy atom. The molecule has 0 spiro atoms. The Labute approximate surface area is 389 Å². The Balaban J connectivity index is 0.000000365. The summed E-state index contributed by atoms with van der Waals surface area (Å²) in [6.45, 7) is 8.95. The molecule has 0 aliphatic rings. The van der Waals surface area contributed by atoms with Crippen molar-refractivity contribution in [2.75, 3.05) is 0 Å². The molecule has 56 heavy (non-hydrogen) atoms. The molecule has 4 heteroatoms. The van der Waals surface area contributed by atoms with Crippen molar-refractivity contribution in [1.82, 2.24) is 0 Å². The minimum absolute atomic E-state index is 0. The van der Waals surface area contributed by atoms with Crippen LogP contribution in [0.3, 0.4) is 0 Å². The van der Waals surface area contributed by atoms with Crippen LogP contribution in [0.2, 0.25) is 0 Å². The van der Waals surface area contributed by atoms with E-state index in [1.54, 1.807) is 0 Å². The van der Waals surface area contributed by atoms with Gasteiger partial charge in [-0.15, -0.1) is 162 Å². The van der Waals surface area contributed by atoms with Crippen molar-refractivity contribution >= 4 is 43.1 Å². The van der Waals surface area contributed by atoms with Crippen molar-refractivity contribution < 1.29 is 77.2 Å². The first-order chi connectivity index (χ1) is 25.6. The molecule has 8 aromatic rings. The standard InChI is InChI=1S/4C13H15.2ClH.2Zr/c4*1-2-3-6-11-9-12-7-4-5-8-13(12)10-11;;;;/h4*4-5,7-10H,2-3,6H2,1H3;2*1H;;/q4*-1;;;2*+2/p-2. The van der Waals surface area contributed by atoms with Gasteiger partial charge in [0.05, 0.1) is 0 Å². The van der Waals surface area contributed by atoms with Crippen LogP contribution >= 0.6 is 0 Å². The maximum atomic E-state index is 2.31. The minimum Gasteiger partial charge on any atom is -1.00 e. The number of aryl methyl sites for hydroxylation is 4. The van der Waals surface area contributed by atoms with Crippen LogP contribution in [0.1, 0.15) is 101 Å². The quantitative estimate of drug-likeness (QED) is 0.107. The van der Waals surface area contributed by atoms with Crippen molar-refractivity contribution in [2.24, 2.45) is 0 Å². The van der Waals surface area contributed by atoms with Gasteiger partial charge in [-0.1, -0.05) is 103 Å². The molecular weight excluding hydrogens is 878 g/mol. The molecule has 0 nitrogen and oxygen atoms in total. The molecule has 0 heterocycles. The van der Waals surface area contributed by atoms with Crippen LogP contribution in [-0.2, 0) is 78.1 Å². The molecule has 0 fully saturated rings. The van der Waals surface area contributed by atoms with Crippen molar-refractivity contribution in [3.8, 4) is 0 Å². The fraction of sp³-hybridized carbons (Fsp3) is 0.308. The summed E-state index contributed by atoms with van der Waals surface area (Å²) in [7, 11) is 0. The third-order valence-electron chi connectivity index (χ3n) is 9.99. The fourth-order valence-corrected chi connectivity index (χ4v) is 6.96. The Hall–Kier alpha value is -2.33. The smallest absolute Gasteiger partial charge is 1.00 e. The van der Waals surface area contributed by atoms with Crippen LogP contribution in [0.15, 0.2) is 146 Å². The van der Waals surface area contributed by atoms with Gasteiger partial charge in [-0.05, 0) is 25.7 Å². The van der Waals surface area contributed by atoms with E-state index in [2.05, 4.69) is 173 Å². The Morgan fingerprint density at radius 3 is 0.696 bits per heavy atom. The van der Waals surface area contributed by atoms with Gasteiger partial charge in [-0.3, -0.25) is 0 Å². The van der Waals surface area contributed by atoms with E-state index in [0.29, 0.717) is 0 Å². The minimum atomic E-state index is 0. The number of halogens is 2. The molecule has 0 saturated carbocycles. The summed E-state index contributed by atoms with van der Waals surface area (Å²) in [5.74, 6) is 0. The molecular formula is C52H60Cl2Zr2-2. The second kappa shape index (κ2) is 29.0. The van der Waals surface area contributed by atoms with Gasteiger partial charge in [0, 0.05) is 0 Å². The van der Waals surface area contributed by atoms with Gasteiger partial charge < -0.3 is 24.8 Å². The predicted octanol–water partition coefficient (Wildman–Crippen LogP) is 9.61. The molecule has 8 aromatic carbocycles. The van der Waals surface area contributed by atoms with Crippen molar-refractivity contribution in [3.05, 3.63) is 168 Å². The predicted molar refractivity (Wildman–Crippen MR) is 233 cm³/mol. The van der Waals surface area contributed by atoms with E-state index in [0.717, 1.165) is 0 Å². The normalized spacial score (nSPS) is 10.1. The van der Waals surface area contributed by atoms with Crippen LogP contribution in [-0.4, -0.2) is 0 Å². The number of hydrogen-bond acceptors (Lipinski definition) is 0. The monoisotopic (exact) mass is 934 g/mol. The van der Waals surface area contributed by atoms with Gasteiger partial charge in [-0.2, -0.15) is 24.3 Å². The number of rotatable bonds is 12. The van der Waals surface area contributed by atoms with E-state index < -0.39 is 0 Å². The van der Waals surface area contributed by atoms with E-state index in [9.17, 15) is 0 Å². The molecule has 292 valence electrons. The van der Waals surface area contributed by atoms with Gasteiger partial charge >= 0.3 is 52.4 Å². The number of unbranched alkanes of at least 4 members (excludes halogenated alkanes) is 4. The topological polar surface area (TPSA) is 0 Å². The van der Waals surface area contributed by atoms with E-state index in [1.165, 1.54) is 142 Å². The molecule has 0 N–H and O–H groups in total. The molecule has 0 aromatic heterocycles. The van der Waals surface area contributed by atoms with Gasteiger partial charge in [0.25, 0.3) is 0 Å². The summed E-state index contributed by atoms with van der Waals surface area (Å²) in [5, 5.41) is 11.1. The van der Waals surface area contributed by atoms with Crippen molar-refractivity contribution in [1.29, 1.82) is 0 Å². The molecule has 0 atom stereocenters. The van der Waals surface area contributed by atoms with Crippen LogP contribution < -0.4 is 24.8 Å². The molecule has 0 bridgehead atoms. The Kier molecular flexibility index (Phi) is 26.7. The second-order valence-corrected chi connectivity index (χ2v) is 14.4. The maximum absolute atomic E-state index is 2.31. The molecule has 8 rings (SSSR count). The van der Waals surface area contributed by atoms with E-state index >= 15 is 0 Å². The summed E-state index contributed by atoms with van der Waals surface area (Å²) in [6, 6.07) is 52.8. The zero-order valence-corrected chi connectivity index (χ0v) is 40.5. The van der Waals surface area contributed by atoms with Crippen LogP contribution in [0.5, 0.6) is 0 Å². The summed E-state index contributed by atoms with van der Waals surface area (Å²) >= 11 is 0. The average Bonchev–Trinajstić information content (AvgIpc) is 3.99. The molecule has 0 aliphatic heterocycles. The second-order valence-electron chi connectivity index (χ2n) is 14.4. The van der Waals surface area contributed by atoms with Crippen molar-refractivity contribution in [3.63, 3.8) is 0 Å². The van der Waals surface area contributed by atoms with E-state index in [1.807, 2.05) is 0 Å².